The summed E-state index contributed by atoms with van der Waals surface area (Å²) in [5.74, 6) is 0.567. The quantitative estimate of drug-likeness (QED) is 0.727. The van der Waals surface area contributed by atoms with Crippen LogP contribution in [0, 0.1) is 6.92 Å². The smallest absolute Gasteiger partial charge is 0.117 e. The predicted octanol–water partition coefficient (Wildman–Crippen LogP) is -0.00228. The molecule has 1 saturated heterocycles. The Morgan fingerprint density at radius 3 is 2.81 bits per heavy atom. The van der Waals surface area contributed by atoms with Gasteiger partial charge in [0.1, 0.15) is 17.2 Å². The molecule has 1 aliphatic heterocycles. The zero-order chi connectivity index (χ0) is 11.5. The van der Waals surface area contributed by atoms with Crippen molar-refractivity contribution in [2.75, 3.05) is 12.4 Å². The number of aryl methyl sites for hydroxylation is 1. The van der Waals surface area contributed by atoms with Crippen LogP contribution >= 0.6 is 11.8 Å². The lowest BCUT2D eigenvalue weighted by molar-refractivity contribution is 0.0337. The van der Waals surface area contributed by atoms with E-state index in [4.69, 9.17) is 4.74 Å². The van der Waals surface area contributed by atoms with Crippen molar-refractivity contribution in [3.05, 3.63) is 18.1 Å². The summed E-state index contributed by atoms with van der Waals surface area (Å²) in [6, 6.07) is 0. The highest BCUT2D eigenvalue weighted by Gasteiger charge is 2.34. The van der Waals surface area contributed by atoms with Crippen molar-refractivity contribution in [2.45, 2.75) is 30.3 Å². The Hall–Kier alpha value is -0.690. The highest BCUT2D eigenvalue weighted by atomic mass is 32.2. The topological polar surface area (TPSA) is 75.5 Å². The van der Waals surface area contributed by atoms with E-state index in [9.17, 15) is 10.2 Å². The maximum atomic E-state index is 9.58. The average molecular weight is 242 g/mol. The molecule has 1 aromatic rings. The van der Waals surface area contributed by atoms with Gasteiger partial charge in [-0.3, -0.25) is 4.98 Å². The minimum atomic E-state index is -0.801. The molecule has 0 aromatic carbocycles. The molecule has 3 atom stereocenters. The molecule has 3 unspecified atom stereocenters. The summed E-state index contributed by atoms with van der Waals surface area (Å²) in [6.45, 7) is 2.09. The fourth-order valence-electron chi connectivity index (χ4n) is 1.51. The lowest BCUT2D eigenvalue weighted by Crippen LogP contribution is -2.31. The number of aliphatic hydroxyl groups is 2. The van der Waals surface area contributed by atoms with E-state index in [1.165, 1.54) is 11.8 Å². The first-order valence-corrected chi connectivity index (χ1v) is 6.05. The summed E-state index contributed by atoms with van der Waals surface area (Å²) in [5.41, 5.74) is 0.862. The number of aliphatic hydroxyl groups excluding tert-OH is 2. The summed E-state index contributed by atoms with van der Waals surface area (Å²) < 4.78 is 5.27. The lowest BCUT2D eigenvalue weighted by Gasteiger charge is -2.14. The van der Waals surface area contributed by atoms with E-state index < -0.39 is 12.2 Å². The Morgan fingerprint density at radius 1 is 1.44 bits per heavy atom. The van der Waals surface area contributed by atoms with Gasteiger partial charge in [0.25, 0.3) is 0 Å². The number of hydrogen-bond donors (Lipinski definition) is 2. The summed E-state index contributed by atoms with van der Waals surface area (Å²) in [4.78, 5) is 8.31. The average Bonchev–Trinajstić information content (AvgIpc) is 2.59. The first-order valence-electron chi connectivity index (χ1n) is 5.06. The molecule has 2 N–H and O–H groups in total. The lowest BCUT2D eigenvalue weighted by atomic mass is 10.2. The zero-order valence-electron chi connectivity index (χ0n) is 8.91. The van der Waals surface area contributed by atoms with Gasteiger partial charge in [0.05, 0.1) is 18.4 Å². The van der Waals surface area contributed by atoms with E-state index in [0.29, 0.717) is 5.75 Å². The van der Waals surface area contributed by atoms with Crippen molar-refractivity contribution in [1.82, 2.24) is 9.97 Å². The van der Waals surface area contributed by atoms with Crippen molar-refractivity contribution in [1.29, 1.82) is 0 Å². The third-order valence-corrected chi connectivity index (χ3v) is 3.65. The van der Waals surface area contributed by atoms with Gasteiger partial charge in [-0.05, 0) is 6.92 Å². The van der Waals surface area contributed by atoms with E-state index in [1.807, 2.05) is 6.92 Å². The van der Waals surface area contributed by atoms with Gasteiger partial charge < -0.3 is 14.9 Å². The Bertz CT molecular complexity index is 364. The van der Waals surface area contributed by atoms with Crippen LogP contribution < -0.4 is 0 Å². The first kappa shape index (κ1) is 11.8. The van der Waals surface area contributed by atoms with Crippen molar-refractivity contribution in [2.24, 2.45) is 0 Å². The van der Waals surface area contributed by atoms with Gasteiger partial charge in [-0.1, -0.05) is 0 Å². The van der Waals surface area contributed by atoms with Gasteiger partial charge >= 0.3 is 0 Å². The molecule has 0 radical (unpaired) electrons. The van der Waals surface area contributed by atoms with Crippen molar-refractivity contribution in [3.63, 3.8) is 0 Å². The Labute approximate surface area is 97.9 Å². The van der Waals surface area contributed by atoms with Crippen LogP contribution in [-0.2, 0) is 4.74 Å². The van der Waals surface area contributed by atoms with Crippen molar-refractivity contribution >= 4 is 11.8 Å². The zero-order valence-corrected chi connectivity index (χ0v) is 9.72. The van der Waals surface area contributed by atoms with Crippen LogP contribution in [0.25, 0.3) is 0 Å². The molecular formula is C10H14N2O3S. The molecule has 0 bridgehead atoms. The fourth-order valence-corrected chi connectivity index (χ4v) is 2.52. The van der Waals surface area contributed by atoms with E-state index in [-0.39, 0.29) is 12.7 Å². The van der Waals surface area contributed by atoms with Crippen LogP contribution in [0.15, 0.2) is 17.4 Å². The summed E-state index contributed by atoms with van der Waals surface area (Å²) >= 11 is 1.48. The van der Waals surface area contributed by atoms with Gasteiger partial charge in [0.2, 0.25) is 0 Å². The van der Waals surface area contributed by atoms with Crippen LogP contribution in [0.3, 0.4) is 0 Å². The summed E-state index contributed by atoms with van der Waals surface area (Å²) in [5, 5.41) is 19.7. The number of thioether (sulfide) groups is 1. The standard InChI is InChI=1S/C10H14N2O3S/c1-6-10(12-3-2-11-6)16-5-8-9(14)7(13)4-15-8/h2-3,7-9,13-14H,4-5H2,1H3. The van der Waals surface area contributed by atoms with E-state index >= 15 is 0 Å². The van der Waals surface area contributed by atoms with Crippen molar-refractivity contribution in [3.8, 4) is 0 Å². The molecule has 5 nitrogen and oxygen atoms in total. The van der Waals surface area contributed by atoms with E-state index in [1.54, 1.807) is 12.4 Å². The highest BCUT2D eigenvalue weighted by molar-refractivity contribution is 7.99. The third kappa shape index (κ3) is 2.52. The monoisotopic (exact) mass is 242 g/mol. The number of nitrogens with zero attached hydrogens (tertiary/aromatic N) is 2. The van der Waals surface area contributed by atoms with Gasteiger partial charge in [0, 0.05) is 18.1 Å². The van der Waals surface area contributed by atoms with E-state index in [2.05, 4.69) is 9.97 Å². The molecular weight excluding hydrogens is 228 g/mol. The van der Waals surface area contributed by atoms with Crippen LogP contribution in [0.4, 0.5) is 0 Å². The molecule has 16 heavy (non-hydrogen) atoms. The third-order valence-electron chi connectivity index (χ3n) is 2.48. The largest absolute Gasteiger partial charge is 0.388 e. The maximum absolute atomic E-state index is 9.58. The molecule has 0 saturated carbocycles. The van der Waals surface area contributed by atoms with Gasteiger partial charge in [-0.25, -0.2) is 4.98 Å². The van der Waals surface area contributed by atoms with Crippen LogP contribution in [0.2, 0.25) is 0 Å². The fraction of sp³-hybridized carbons (Fsp3) is 0.600. The number of ether oxygens (including phenoxy) is 1. The van der Waals surface area contributed by atoms with Gasteiger partial charge in [0.15, 0.2) is 0 Å². The minimum absolute atomic E-state index is 0.200. The SMILES string of the molecule is Cc1nccnc1SCC1OCC(O)C1O. The number of aromatic nitrogens is 2. The van der Waals surface area contributed by atoms with Crippen LogP contribution in [0.1, 0.15) is 5.69 Å². The van der Waals surface area contributed by atoms with E-state index in [0.717, 1.165) is 10.7 Å². The second-order valence-corrected chi connectivity index (χ2v) is 4.70. The van der Waals surface area contributed by atoms with Crippen LogP contribution in [0.5, 0.6) is 0 Å². The van der Waals surface area contributed by atoms with Gasteiger partial charge in [-0.15, -0.1) is 11.8 Å². The highest BCUT2D eigenvalue weighted by Crippen LogP contribution is 2.24. The molecule has 1 aliphatic rings. The number of hydrogen-bond acceptors (Lipinski definition) is 6. The first-order chi connectivity index (χ1) is 7.68. The molecule has 0 amide bonds. The molecule has 2 rings (SSSR count). The maximum Gasteiger partial charge on any atom is 0.117 e. The molecule has 0 spiro atoms. The molecule has 1 aromatic heterocycles. The number of rotatable bonds is 3. The Morgan fingerprint density at radius 2 is 2.19 bits per heavy atom. The van der Waals surface area contributed by atoms with Crippen molar-refractivity contribution < 1.29 is 14.9 Å². The molecule has 2 heterocycles. The molecule has 6 heteroatoms. The molecule has 1 fully saturated rings. The van der Waals surface area contributed by atoms with Gasteiger partial charge in [-0.2, -0.15) is 0 Å². The minimum Gasteiger partial charge on any atom is -0.388 e. The Balaban J connectivity index is 1.91. The summed E-state index contributed by atoms with van der Waals surface area (Å²) in [6.07, 6.45) is 1.37. The second-order valence-electron chi connectivity index (χ2n) is 3.69. The second kappa shape index (κ2) is 5.09. The van der Waals surface area contributed by atoms with Crippen LogP contribution in [-0.4, -0.2) is 50.9 Å². The molecule has 0 aliphatic carbocycles. The normalized spacial score (nSPS) is 29.6. The molecule has 88 valence electrons. The summed E-state index contributed by atoms with van der Waals surface area (Å²) in [7, 11) is 0. The Kier molecular flexibility index (Phi) is 3.75. The predicted molar refractivity (Wildman–Crippen MR) is 59.2 cm³/mol.